The first-order valence-corrected chi connectivity index (χ1v) is 10.3. The van der Waals surface area contributed by atoms with Gasteiger partial charge < -0.3 is 20.7 Å². The van der Waals surface area contributed by atoms with E-state index in [2.05, 4.69) is 16.0 Å². The van der Waals surface area contributed by atoms with Crippen molar-refractivity contribution in [2.24, 2.45) is 0 Å². The zero-order valence-corrected chi connectivity index (χ0v) is 17.6. The molecule has 162 valence electrons. The highest BCUT2D eigenvalue weighted by Crippen LogP contribution is 2.27. The lowest BCUT2D eigenvalue weighted by Gasteiger charge is -2.18. The van der Waals surface area contributed by atoms with Crippen LogP contribution in [0, 0.1) is 6.92 Å². The van der Waals surface area contributed by atoms with E-state index >= 15 is 0 Å². The first-order chi connectivity index (χ1) is 15.5. The van der Waals surface area contributed by atoms with Crippen LogP contribution in [0.1, 0.15) is 27.9 Å². The highest BCUT2D eigenvalue weighted by atomic mass is 16.5. The number of carbonyl (C=O) groups excluding carboxylic acids is 3. The van der Waals surface area contributed by atoms with Crippen LogP contribution in [0.5, 0.6) is 5.75 Å². The van der Waals surface area contributed by atoms with Gasteiger partial charge in [0.05, 0.1) is 0 Å². The van der Waals surface area contributed by atoms with Crippen molar-refractivity contribution >= 4 is 34.8 Å². The SMILES string of the molecule is Cc1c(NC(=O)COc2ccc3c(c2)CCC(=O)N3)cccc1NC(=O)c1ccccc1. The summed E-state index contributed by atoms with van der Waals surface area (Å²) in [5, 5.41) is 8.52. The molecule has 0 saturated carbocycles. The van der Waals surface area contributed by atoms with Crippen molar-refractivity contribution < 1.29 is 19.1 Å². The van der Waals surface area contributed by atoms with Crippen molar-refractivity contribution in [3.63, 3.8) is 0 Å². The molecule has 1 aliphatic heterocycles. The molecule has 3 aromatic rings. The van der Waals surface area contributed by atoms with Gasteiger partial charge in [0.2, 0.25) is 5.91 Å². The van der Waals surface area contributed by atoms with E-state index in [1.165, 1.54) is 0 Å². The van der Waals surface area contributed by atoms with Crippen molar-refractivity contribution in [1.82, 2.24) is 0 Å². The minimum atomic E-state index is -0.314. The molecule has 0 atom stereocenters. The second-order valence-electron chi connectivity index (χ2n) is 7.50. The summed E-state index contributed by atoms with van der Waals surface area (Å²) in [5.74, 6) is 0.0357. The molecule has 4 rings (SSSR count). The maximum absolute atomic E-state index is 12.4. The molecule has 7 nitrogen and oxygen atoms in total. The molecule has 32 heavy (non-hydrogen) atoms. The highest BCUT2D eigenvalue weighted by Gasteiger charge is 2.16. The Labute approximate surface area is 185 Å². The minimum Gasteiger partial charge on any atom is -0.484 e. The average molecular weight is 429 g/mol. The number of fused-ring (bicyclic) bond motifs is 1. The molecule has 3 aromatic carbocycles. The van der Waals surface area contributed by atoms with Gasteiger partial charge in [-0.3, -0.25) is 14.4 Å². The van der Waals surface area contributed by atoms with Crippen molar-refractivity contribution in [3.8, 4) is 5.75 Å². The Kier molecular flexibility index (Phi) is 6.17. The number of ether oxygens (including phenoxy) is 1. The molecular formula is C25H23N3O4. The van der Waals surface area contributed by atoms with E-state index in [0.29, 0.717) is 35.5 Å². The second kappa shape index (κ2) is 9.34. The first-order valence-electron chi connectivity index (χ1n) is 10.3. The van der Waals surface area contributed by atoms with Crippen molar-refractivity contribution in [2.75, 3.05) is 22.6 Å². The van der Waals surface area contributed by atoms with Crippen LogP contribution in [0.15, 0.2) is 66.7 Å². The van der Waals surface area contributed by atoms with Crippen molar-refractivity contribution in [3.05, 3.63) is 83.4 Å². The number of nitrogens with one attached hydrogen (secondary N) is 3. The zero-order valence-electron chi connectivity index (χ0n) is 17.6. The van der Waals surface area contributed by atoms with Crippen molar-refractivity contribution in [2.45, 2.75) is 19.8 Å². The quantitative estimate of drug-likeness (QED) is 0.548. The van der Waals surface area contributed by atoms with Gasteiger partial charge in [-0.05, 0) is 66.9 Å². The lowest BCUT2D eigenvalue weighted by molar-refractivity contribution is -0.118. The Morgan fingerprint density at radius 3 is 2.47 bits per heavy atom. The Bertz CT molecular complexity index is 1180. The molecule has 3 N–H and O–H groups in total. The summed E-state index contributed by atoms with van der Waals surface area (Å²) in [6.07, 6.45) is 1.08. The number of amides is 3. The number of anilines is 3. The standard InChI is InChI=1S/C25H23N3O4/c1-16-20(8-5-9-21(16)28-25(31)17-6-3-2-4-7-17)26-24(30)15-32-19-11-12-22-18(14-19)10-13-23(29)27-22/h2-9,11-12,14H,10,13,15H2,1H3,(H,26,30)(H,27,29)(H,28,31). The third-order valence-corrected chi connectivity index (χ3v) is 5.23. The largest absolute Gasteiger partial charge is 0.484 e. The van der Waals surface area contributed by atoms with Crippen molar-refractivity contribution in [1.29, 1.82) is 0 Å². The van der Waals surface area contributed by atoms with E-state index in [4.69, 9.17) is 4.74 Å². The number of aryl methyl sites for hydroxylation is 1. The first kappa shape index (κ1) is 21.1. The number of rotatable bonds is 6. The molecule has 0 saturated heterocycles. The van der Waals surface area contributed by atoms with Gasteiger partial charge in [-0.15, -0.1) is 0 Å². The lowest BCUT2D eigenvalue weighted by atomic mass is 10.0. The predicted molar refractivity (Wildman–Crippen MR) is 123 cm³/mol. The van der Waals surface area contributed by atoms with E-state index in [1.807, 2.05) is 19.1 Å². The minimum absolute atomic E-state index is 0.00287. The van der Waals surface area contributed by atoms with Gasteiger partial charge in [-0.1, -0.05) is 24.3 Å². The summed E-state index contributed by atoms with van der Waals surface area (Å²) < 4.78 is 5.63. The number of carbonyl (C=O) groups is 3. The summed E-state index contributed by atoms with van der Waals surface area (Å²) in [6.45, 7) is 1.67. The molecule has 0 unspecified atom stereocenters. The lowest BCUT2D eigenvalue weighted by Crippen LogP contribution is -2.22. The van der Waals surface area contributed by atoms with Gasteiger partial charge in [-0.25, -0.2) is 0 Å². The third-order valence-electron chi connectivity index (χ3n) is 5.23. The average Bonchev–Trinajstić information content (AvgIpc) is 2.81. The Morgan fingerprint density at radius 2 is 1.69 bits per heavy atom. The molecular weight excluding hydrogens is 406 g/mol. The zero-order chi connectivity index (χ0) is 22.5. The van der Waals surface area contributed by atoms with Gasteiger partial charge in [0.25, 0.3) is 11.8 Å². The van der Waals surface area contributed by atoms with Gasteiger partial charge in [0, 0.05) is 29.0 Å². The summed E-state index contributed by atoms with van der Waals surface area (Å²) in [4.78, 5) is 36.3. The monoisotopic (exact) mass is 429 g/mol. The number of hydrogen-bond donors (Lipinski definition) is 3. The predicted octanol–water partition coefficient (Wildman–Crippen LogP) is 4.15. The van der Waals surface area contributed by atoms with Gasteiger partial charge >= 0.3 is 0 Å². The smallest absolute Gasteiger partial charge is 0.262 e. The second-order valence-corrected chi connectivity index (χ2v) is 7.50. The fourth-order valence-electron chi connectivity index (χ4n) is 3.48. The van der Waals surface area contributed by atoms with E-state index < -0.39 is 0 Å². The van der Waals surface area contributed by atoms with Crippen LogP contribution in [-0.4, -0.2) is 24.3 Å². The number of benzene rings is 3. The maximum Gasteiger partial charge on any atom is 0.262 e. The summed E-state index contributed by atoms with van der Waals surface area (Å²) in [5.41, 5.74) is 4.28. The van der Waals surface area contributed by atoms with Crippen LogP contribution in [0.25, 0.3) is 0 Å². The van der Waals surface area contributed by atoms with E-state index in [9.17, 15) is 14.4 Å². The van der Waals surface area contributed by atoms with Gasteiger partial charge in [0.1, 0.15) is 5.75 Å². The Morgan fingerprint density at radius 1 is 0.938 bits per heavy atom. The topological polar surface area (TPSA) is 96.5 Å². The van der Waals surface area contributed by atoms with E-state index in [1.54, 1.807) is 54.6 Å². The Hall–Kier alpha value is -4.13. The number of hydrogen-bond acceptors (Lipinski definition) is 4. The molecule has 0 aromatic heterocycles. The fourth-order valence-corrected chi connectivity index (χ4v) is 3.48. The van der Waals surface area contributed by atoms with E-state index in [0.717, 1.165) is 16.8 Å². The molecule has 0 bridgehead atoms. The van der Waals surface area contributed by atoms with Crippen LogP contribution in [-0.2, 0) is 16.0 Å². The molecule has 1 aliphatic rings. The van der Waals surface area contributed by atoms with Crippen LogP contribution < -0.4 is 20.7 Å². The van der Waals surface area contributed by atoms with Crippen LogP contribution in [0.3, 0.4) is 0 Å². The normalized spacial score (nSPS) is 12.3. The molecule has 1 heterocycles. The van der Waals surface area contributed by atoms with Crippen LogP contribution >= 0.6 is 0 Å². The molecule has 0 radical (unpaired) electrons. The molecule has 3 amide bonds. The van der Waals surface area contributed by atoms with E-state index in [-0.39, 0.29) is 24.3 Å². The summed E-state index contributed by atoms with van der Waals surface area (Å²) in [7, 11) is 0. The highest BCUT2D eigenvalue weighted by molar-refractivity contribution is 6.05. The summed E-state index contributed by atoms with van der Waals surface area (Å²) in [6, 6.07) is 19.6. The van der Waals surface area contributed by atoms with Crippen LogP contribution in [0.2, 0.25) is 0 Å². The summed E-state index contributed by atoms with van der Waals surface area (Å²) >= 11 is 0. The fraction of sp³-hybridized carbons (Fsp3) is 0.160. The molecule has 0 fully saturated rings. The molecule has 0 aliphatic carbocycles. The van der Waals surface area contributed by atoms with Crippen LogP contribution in [0.4, 0.5) is 17.1 Å². The molecule has 7 heteroatoms. The Balaban J connectivity index is 1.37. The molecule has 0 spiro atoms. The third kappa shape index (κ3) is 4.95. The van der Waals surface area contributed by atoms with Gasteiger partial charge in [-0.2, -0.15) is 0 Å². The van der Waals surface area contributed by atoms with Gasteiger partial charge in [0.15, 0.2) is 6.61 Å². The maximum atomic E-state index is 12.4.